The fourth-order valence-corrected chi connectivity index (χ4v) is 1.81. The van der Waals surface area contributed by atoms with Gasteiger partial charge in [-0.15, -0.1) is 0 Å². The zero-order valence-electron chi connectivity index (χ0n) is 12.3. The van der Waals surface area contributed by atoms with Gasteiger partial charge < -0.3 is 20.1 Å². The average Bonchev–Trinajstić information content (AvgIpc) is 2.28. The van der Waals surface area contributed by atoms with Crippen molar-refractivity contribution in [2.75, 3.05) is 20.3 Å². The van der Waals surface area contributed by atoms with Crippen LogP contribution in [0, 0.1) is 0 Å². The average molecular weight is 274 g/mol. The topological polar surface area (TPSA) is 78.9 Å². The molecule has 2 amide bonds. The summed E-state index contributed by atoms with van der Waals surface area (Å²) < 4.78 is 5.07. The Morgan fingerprint density at radius 3 is 2.42 bits per heavy atom. The zero-order valence-corrected chi connectivity index (χ0v) is 12.3. The van der Waals surface area contributed by atoms with Gasteiger partial charge in [-0.05, 0) is 20.3 Å². The van der Waals surface area contributed by atoms with Crippen molar-refractivity contribution in [1.82, 2.24) is 10.2 Å². The second-order valence-corrected chi connectivity index (χ2v) is 4.82. The number of carbonyl (C=O) groups excluding carboxylic acids is 1. The number of carbonyl (C=O) groups is 2. The van der Waals surface area contributed by atoms with Crippen molar-refractivity contribution in [2.45, 2.75) is 52.1 Å². The third-order valence-corrected chi connectivity index (χ3v) is 2.78. The highest BCUT2D eigenvalue weighted by atomic mass is 16.5. The first kappa shape index (κ1) is 17.7. The second-order valence-electron chi connectivity index (χ2n) is 4.82. The third-order valence-electron chi connectivity index (χ3n) is 2.78. The van der Waals surface area contributed by atoms with E-state index in [1.807, 2.05) is 20.8 Å². The molecule has 19 heavy (non-hydrogen) atoms. The molecule has 1 unspecified atom stereocenters. The summed E-state index contributed by atoms with van der Waals surface area (Å²) in [5, 5.41) is 11.6. The quantitative estimate of drug-likeness (QED) is 0.670. The first-order valence-electron chi connectivity index (χ1n) is 6.70. The second kappa shape index (κ2) is 9.61. The Labute approximate surface area is 115 Å². The van der Waals surface area contributed by atoms with Crippen molar-refractivity contribution in [1.29, 1.82) is 0 Å². The van der Waals surface area contributed by atoms with E-state index in [1.165, 1.54) is 4.90 Å². The summed E-state index contributed by atoms with van der Waals surface area (Å²) in [5.41, 5.74) is 0. The van der Waals surface area contributed by atoms with Gasteiger partial charge in [0.15, 0.2) is 0 Å². The fraction of sp³-hybridized carbons (Fsp3) is 0.846. The number of methoxy groups -OCH3 is 1. The van der Waals surface area contributed by atoms with E-state index in [0.717, 1.165) is 12.8 Å². The van der Waals surface area contributed by atoms with Gasteiger partial charge in [0.1, 0.15) is 0 Å². The van der Waals surface area contributed by atoms with Crippen molar-refractivity contribution in [2.24, 2.45) is 0 Å². The number of amides is 2. The molecule has 0 aliphatic carbocycles. The molecular formula is C13H26N2O4. The number of hydrogen-bond donors (Lipinski definition) is 2. The molecule has 2 N–H and O–H groups in total. The lowest BCUT2D eigenvalue weighted by molar-refractivity contribution is -0.137. The Morgan fingerprint density at radius 2 is 2.00 bits per heavy atom. The minimum atomic E-state index is -0.902. The molecule has 0 aromatic rings. The Bertz CT molecular complexity index is 276. The predicted octanol–water partition coefficient (Wildman–Crippen LogP) is 1.70. The molecular weight excluding hydrogens is 248 g/mol. The van der Waals surface area contributed by atoms with E-state index in [4.69, 9.17) is 9.84 Å². The lowest BCUT2D eigenvalue weighted by Gasteiger charge is -2.29. The van der Waals surface area contributed by atoms with Crippen molar-refractivity contribution in [3.63, 3.8) is 0 Å². The maximum Gasteiger partial charge on any atom is 0.317 e. The standard InChI is InChI=1S/C13H26N2O4/c1-5-6-11(9-19-4)14-13(18)15(10(2)3)8-7-12(16)17/h10-11H,5-9H2,1-4H3,(H,14,18)(H,16,17). The van der Waals surface area contributed by atoms with Gasteiger partial charge >= 0.3 is 12.0 Å². The van der Waals surface area contributed by atoms with Crippen molar-refractivity contribution >= 4 is 12.0 Å². The summed E-state index contributed by atoms with van der Waals surface area (Å²) in [7, 11) is 1.60. The number of nitrogens with one attached hydrogen (secondary N) is 1. The minimum absolute atomic E-state index is 0.0337. The van der Waals surface area contributed by atoms with E-state index in [2.05, 4.69) is 5.32 Å². The van der Waals surface area contributed by atoms with Gasteiger partial charge in [0.25, 0.3) is 0 Å². The Balaban J connectivity index is 4.47. The molecule has 0 fully saturated rings. The molecule has 0 aromatic carbocycles. The van der Waals surface area contributed by atoms with Crippen LogP contribution in [0.2, 0.25) is 0 Å². The van der Waals surface area contributed by atoms with E-state index in [1.54, 1.807) is 7.11 Å². The van der Waals surface area contributed by atoms with Crippen LogP contribution in [0.15, 0.2) is 0 Å². The zero-order chi connectivity index (χ0) is 14.8. The van der Waals surface area contributed by atoms with Crippen LogP contribution in [0.25, 0.3) is 0 Å². The number of carboxylic acids is 1. The van der Waals surface area contributed by atoms with Crippen LogP contribution in [-0.4, -0.2) is 54.4 Å². The first-order valence-corrected chi connectivity index (χ1v) is 6.70. The maximum atomic E-state index is 12.1. The molecule has 0 saturated carbocycles. The van der Waals surface area contributed by atoms with Gasteiger partial charge in [0.2, 0.25) is 0 Å². The number of carboxylic acid groups (broad SMARTS) is 1. The molecule has 1 atom stereocenters. The Kier molecular flexibility index (Phi) is 8.95. The normalized spacial score (nSPS) is 12.3. The molecule has 0 rings (SSSR count). The van der Waals surface area contributed by atoms with Gasteiger partial charge in [-0.2, -0.15) is 0 Å². The summed E-state index contributed by atoms with van der Waals surface area (Å²) in [6.45, 7) is 6.45. The highest BCUT2D eigenvalue weighted by Gasteiger charge is 2.20. The number of urea groups is 1. The molecule has 0 spiro atoms. The third kappa shape index (κ3) is 7.66. The van der Waals surface area contributed by atoms with Gasteiger partial charge in [0.05, 0.1) is 19.1 Å². The van der Waals surface area contributed by atoms with Crippen molar-refractivity contribution in [3.05, 3.63) is 0 Å². The van der Waals surface area contributed by atoms with Gasteiger partial charge in [-0.1, -0.05) is 13.3 Å². The van der Waals surface area contributed by atoms with E-state index in [-0.39, 0.29) is 31.1 Å². The van der Waals surface area contributed by atoms with Gasteiger partial charge in [0, 0.05) is 19.7 Å². The Morgan fingerprint density at radius 1 is 1.37 bits per heavy atom. The lowest BCUT2D eigenvalue weighted by atomic mass is 10.2. The highest BCUT2D eigenvalue weighted by Crippen LogP contribution is 2.04. The predicted molar refractivity (Wildman–Crippen MR) is 73.2 cm³/mol. The summed E-state index contributed by atoms with van der Waals surface area (Å²) >= 11 is 0. The van der Waals surface area contributed by atoms with Crippen LogP contribution < -0.4 is 5.32 Å². The molecule has 112 valence electrons. The molecule has 0 aliphatic heterocycles. The van der Waals surface area contributed by atoms with Crippen molar-refractivity contribution < 1.29 is 19.4 Å². The van der Waals surface area contributed by atoms with E-state index >= 15 is 0 Å². The van der Waals surface area contributed by atoms with Gasteiger partial charge in [-0.25, -0.2) is 4.79 Å². The summed E-state index contributed by atoms with van der Waals surface area (Å²) in [5.74, 6) is -0.902. The monoisotopic (exact) mass is 274 g/mol. The van der Waals surface area contributed by atoms with Crippen LogP contribution in [0.1, 0.15) is 40.0 Å². The maximum absolute atomic E-state index is 12.1. The summed E-state index contributed by atoms with van der Waals surface area (Å²) in [6, 6.07) is -0.301. The van der Waals surface area contributed by atoms with Crippen LogP contribution in [0.4, 0.5) is 4.79 Å². The highest BCUT2D eigenvalue weighted by molar-refractivity contribution is 5.75. The van der Waals surface area contributed by atoms with Gasteiger partial charge in [-0.3, -0.25) is 4.79 Å². The summed E-state index contributed by atoms with van der Waals surface area (Å²) in [4.78, 5) is 24.3. The number of nitrogens with zero attached hydrogens (tertiary/aromatic N) is 1. The van der Waals surface area contributed by atoms with Crippen LogP contribution in [0.3, 0.4) is 0 Å². The molecule has 0 aromatic heterocycles. The summed E-state index contributed by atoms with van der Waals surface area (Å²) in [6.07, 6.45) is 1.74. The van der Waals surface area contributed by atoms with Crippen LogP contribution in [0.5, 0.6) is 0 Å². The molecule has 6 heteroatoms. The number of aliphatic carboxylic acids is 1. The molecule has 0 saturated heterocycles. The fourth-order valence-electron chi connectivity index (χ4n) is 1.81. The van der Waals surface area contributed by atoms with E-state index in [9.17, 15) is 9.59 Å². The largest absolute Gasteiger partial charge is 0.481 e. The van der Waals surface area contributed by atoms with Crippen LogP contribution >= 0.6 is 0 Å². The molecule has 0 bridgehead atoms. The minimum Gasteiger partial charge on any atom is -0.481 e. The number of ether oxygens (including phenoxy) is 1. The SMILES string of the molecule is CCCC(COC)NC(=O)N(CCC(=O)O)C(C)C. The molecule has 0 aliphatic rings. The van der Waals surface area contributed by atoms with E-state index in [0.29, 0.717) is 6.61 Å². The smallest absolute Gasteiger partial charge is 0.317 e. The van der Waals surface area contributed by atoms with Crippen molar-refractivity contribution in [3.8, 4) is 0 Å². The lowest BCUT2D eigenvalue weighted by Crippen LogP contribution is -2.49. The number of hydrogen-bond acceptors (Lipinski definition) is 3. The Hall–Kier alpha value is -1.30. The molecule has 0 radical (unpaired) electrons. The molecule has 6 nitrogen and oxygen atoms in total. The van der Waals surface area contributed by atoms with E-state index < -0.39 is 5.97 Å². The molecule has 0 heterocycles. The number of rotatable bonds is 9. The van der Waals surface area contributed by atoms with Crippen LogP contribution in [-0.2, 0) is 9.53 Å². The first-order chi connectivity index (χ1) is 8.92.